The predicted octanol–water partition coefficient (Wildman–Crippen LogP) is 2.89. The van der Waals surface area contributed by atoms with Crippen LogP contribution < -0.4 is 4.74 Å². The topological polar surface area (TPSA) is 70.0 Å². The van der Waals surface area contributed by atoms with Crippen LogP contribution >= 0.6 is 0 Å². The normalized spacial score (nSPS) is 14.1. The summed E-state index contributed by atoms with van der Waals surface area (Å²) in [6, 6.07) is 7.82. The van der Waals surface area contributed by atoms with Gasteiger partial charge in [0.15, 0.2) is 0 Å². The van der Waals surface area contributed by atoms with Gasteiger partial charge in [-0.15, -0.1) is 0 Å². The second-order valence-electron chi connectivity index (χ2n) is 6.50. The molecule has 0 radical (unpaired) electrons. The highest BCUT2D eigenvalue weighted by atomic mass is 16.5. The fourth-order valence-electron chi connectivity index (χ4n) is 2.31. The van der Waals surface area contributed by atoms with Gasteiger partial charge in [-0.25, -0.2) is 0 Å². The van der Waals surface area contributed by atoms with E-state index >= 15 is 0 Å². The molecule has 1 rings (SSSR count). The fraction of sp³-hybridized carbons (Fsp3) is 0.409. The molecule has 1 amide bonds. The second kappa shape index (κ2) is 12.9. The number of ether oxygens (including phenoxy) is 1. The second-order valence-corrected chi connectivity index (χ2v) is 6.50. The largest absolute Gasteiger partial charge is 0.497 e. The first-order valence-electron chi connectivity index (χ1n) is 9.13. The van der Waals surface area contributed by atoms with Gasteiger partial charge in [-0.1, -0.05) is 48.6 Å². The molecular formula is C22H31NO4. The number of amides is 1. The van der Waals surface area contributed by atoms with Crippen LogP contribution in [-0.2, 0) is 11.2 Å². The summed E-state index contributed by atoms with van der Waals surface area (Å²) < 4.78 is 5.12. The number of hydrogen-bond acceptors (Lipinski definition) is 4. The van der Waals surface area contributed by atoms with E-state index in [4.69, 9.17) is 4.74 Å². The van der Waals surface area contributed by atoms with Crippen molar-refractivity contribution in [2.45, 2.75) is 37.9 Å². The zero-order valence-corrected chi connectivity index (χ0v) is 16.4. The molecule has 5 nitrogen and oxygen atoms in total. The molecule has 0 spiro atoms. The number of rotatable bonds is 11. The van der Waals surface area contributed by atoms with Crippen LogP contribution in [0.1, 0.15) is 24.8 Å². The van der Waals surface area contributed by atoms with Gasteiger partial charge < -0.3 is 19.8 Å². The molecule has 1 aromatic carbocycles. The van der Waals surface area contributed by atoms with Crippen LogP contribution in [0.5, 0.6) is 5.75 Å². The average Bonchev–Trinajstić information content (AvgIpc) is 2.67. The van der Waals surface area contributed by atoms with E-state index in [0.29, 0.717) is 19.3 Å². The predicted molar refractivity (Wildman–Crippen MR) is 109 cm³/mol. The van der Waals surface area contributed by atoms with Crippen LogP contribution in [0.4, 0.5) is 0 Å². The van der Waals surface area contributed by atoms with Gasteiger partial charge in [0, 0.05) is 20.5 Å². The third-order valence-corrected chi connectivity index (χ3v) is 4.04. The summed E-state index contributed by atoms with van der Waals surface area (Å²) in [4.78, 5) is 13.0. The van der Waals surface area contributed by atoms with Crippen molar-refractivity contribution in [3.63, 3.8) is 0 Å². The van der Waals surface area contributed by atoms with Gasteiger partial charge >= 0.3 is 0 Å². The van der Waals surface area contributed by atoms with Gasteiger partial charge in [0.25, 0.3) is 0 Å². The number of aliphatic hydroxyl groups excluding tert-OH is 2. The van der Waals surface area contributed by atoms with Crippen LogP contribution in [0, 0.1) is 0 Å². The molecule has 1 aromatic rings. The molecule has 0 aromatic heterocycles. The SMILES string of the molecule is COc1ccc(CCC(O)/C=C/C=C/C=C/C(O)CCC(=O)N(C)C)cc1. The maximum Gasteiger partial charge on any atom is 0.222 e. The highest BCUT2D eigenvalue weighted by molar-refractivity contribution is 5.75. The van der Waals surface area contributed by atoms with Crippen molar-refractivity contribution in [2.75, 3.05) is 21.2 Å². The molecule has 2 N–H and O–H groups in total. The molecule has 27 heavy (non-hydrogen) atoms. The first-order chi connectivity index (χ1) is 12.9. The standard InChI is InChI=1S/C22H31NO4/c1-23(2)22(26)17-14-20(25)9-7-5-4-6-8-19(24)13-10-18-11-15-21(27-3)16-12-18/h4-9,11-12,15-16,19-20,24-25H,10,13-14,17H2,1-3H3/b5-4+,8-6+,9-7+. The Kier molecular flexibility index (Phi) is 10.8. The lowest BCUT2D eigenvalue weighted by Gasteiger charge is -2.10. The fourth-order valence-corrected chi connectivity index (χ4v) is 2.31. The maximum atomic E-state index is 11.4. The highest BCUT2D eigenvalue weighted by Gasteiger charge is 2.06. The van der Waals surface area contributed by atoms with E-state index in [-0.39, 0.29) is 5.91 Å². The number of aliphatic hydroxyl groups is 2. The minimum atomic E-state index is -0.641. The van der Waals surface area contributed by atoms with Gasteiger partial charge in [0.2, 0.25) is 5.91 Å². The monoisotopic (exact) mass is 373 g/mol. The Labute approximate surface area is 162 Å². The molecule has 0 saturated carbocycles. The molecule has 2 atom stereocenters. The summed E-state index contributed by atoms with van der Waals surface area (Å²) >= 11 is 0. The first kappa shape index (κ1) is 22.7. The minimum Gasteiger partial charge on any atom is -0.497 e. The van der Waals surface area contributed by atoms with Crippen molar-refractivity contribution in [1.29, 1.82) is 0 Å². The third-order valence-electron chi connectivity index (χ3n) is 4.04. The van der Waals surface area contributed by atoms with E-state index < -0.39 is 12.2 Å². The lowest BCUT2D eigenvalue weighted by Crippen LogP contribution is -2.22. The minimum absolute atomic E-state index is 0.00422. The zero-order chi connectivity index (χ0) is 20.1. The van der Waals surface area contributed by atoms with E-state index in [0.717, 1.165) is 17.7 Å². The Balaban J connectivity index is 2.26. The molecule has 2 unspecified atom stereocenters. The number of carbonyl (C=O) groups excluding carboxylic acids is 1. The van der Waals surface area contributed by atoms with E-state index in [1.165, 1.54) is 4.90 Å². The number of nitrogens with zero attached hydrogens (tertiary/aromatic N) is 1. The summed E-state index contributed by atoms with van der Waals surface area (Å²) in [5.41, 5.74) is 1.16. The van der Waals surface area contributed by atoms with Crippen molar-refractivity contribution >= 4 is 5.91 Å². The van der Waals surface area contributed by atoms with Gasteiger partial charge in [-0.2, -0.15) is 0 Å². The number of hydrogen-bond donors (Lipinski definition) is 2. The van der Waals surface area contributed by atoms with E-state index in [1.807, 2.05) is 24.3 Å². The summed E-state index contributed by atoms with van der Waals surface area (Å²) in [6.07, 6.45) is 11.5. The molecule has 0 fully saturated rings. The number of carbonyl (C=O) groups is 1. The van der Waals surface area contributed by atoms with E-state index in [2.05, 4.69) is 0 Å². The zero-order valence-electron chi connectivity index (χ0n) is 16.4. The Morgan fingerprint density at radius 2 is 1.56 bits per heavy atom. The summed E-state index contributed by atoms with van der Waals surface area (Å²) in [5.74, 6) is 0.830. The molecule has 0 bridgehead atoms. The van der Waals surface area contributed by atoms with Crippen LogP contribution in [-0.4, -0.2) is 54.4 Å². The molecule has 5 heteroatoms. The van der Waals surface area contributed by atoms with Crippen LogP contribution in [0.15, 0.2) is 60.7 Å². The van der Waals surface area contributed by atoms with Crippen molar-refractivity contribution in [1.82, 2.24) is 4.90 Å². The lowest BCUT2D eigenvalue weighted by molar-refractivity contribution is -0.129. The van der Waals surface area contributed by atoms with Gasteiger partial charge in [0.1, 0.15) is 5.75 Å². The average molecular weight is 373 g/mol. The molecular weight excluding hydrogens is 342 g/mol. The number of benzene rings is 1. The van der Waals surface area contributed by atoms with Crippen molar-refractivity contribution < 1.29 is 19.7 Å². The molecule has 0 aliphatic rings. The van der Waals surface area contributed by atoms with Crippen LogP contribution in [0.3, 0.4) is 0 Å². The molecule has 0 saturated heterocycles. The van der Waals surface area contributed by atoms with Gasteiger partial charge in [-0.05, 0) is 37.0 Å². The van der Waals surface area contributed by atoms with Gasteiger partial charge in [0.05, 0.1) is 19.3 Å². The third kappa shape index (κ3) is 10.4. The Morgan fingerprint density at radius 3 is 2.07 bits per heavy atom. The molecule has 0 aliphatic carbocycles. The maximum absolute atomic E-state index is 11.4. The summed E-state index contributed by atoms with van der Waals surface area (Å²) in [7, 11) is 5.04. The smallest absolute Gasteiger partial charge is 0.222 e. The van der Waals surface area contributed by atoms with Crippen molar-refractivity contribution in [3.05, 3.63) is 66.3 Å². The van der Waals surface area contributed by atoms with E-state index in [1.54, 1.807) is 57.7 Å². The first-order valence-corrected chi connectivity index (χ1v) is 9.13. The Morgan fingerprint density at radius 1 is 1.00 bits per heavy atom. The molecule has 148 valence electrons. The number of methoxy groups -OCH3 is 1. The number of aryl methyl sites for hydroxylation is 1. The van der Waals surface area contributed by atoms with E-state index in [9.17, 15) is 15.0 Å². The van der Waals surface area contributed by atoms with Crippen LogP contribution in [0.25, 0.3) is 0 Å². The Hall–Kier alpha value is -2.37. The van der Waals surface area contributed by atoms with Gasteiger partial charge in [-0.3, -0.25) is 4.79 Å². The van der Waals surface area contributed by atoms with Crippen molar-refractivity contribution in [3.8, 4) is 5.75 Å². The number of allylic oxidation sites excluding steroid dienone is 4. The molecule has 0 aliphatic heterocycles. The highest BCUT2D eigenvalue weighted by Crippen LogP contribution is 2.13. The lowest BCUT2D eigenvalue weighted by atomic mass is 10.1. The Bertz CT molecular complexity index is 632. The summed E-state index contributed by atoms with van der Waals surface area (Å²) in [5, 5.41) is 19.8. The van der Waals surface area contributed by atoms with Crippen LogP contribution in [0.2, 0.25) is 0 Å². The summed E-state index contributed by atoms with van der Waals surface area (Å²) in [6.45, 7) is 0. The molecule has 0 heterocycles. The quantitative estimate of drug-likeness (QED) is 0.585. The van der Waals surface area contributed by atoms with Crippen molar-refractivity contribution in [2.24, 2.45) is 0 Å².